The summed E-state index contributed by atoms with van der Waals surface area (Å²) in [4.78, 5) is 4.62. The average Bonchev–Trinajstić information content (AvgIpc) is 3.06. The Morgan fingerprint density at radius 2 is 1.52 bits per heavy atom. The maximum Gasteiger partial charge on any atom is 0.227 e. The predicted octanol–water partition coefficient (Wildman–Crippen LogP) is 5.90. The molecule has 0 aliphatic heterocycles. The van der Waals surface area contributed by atoms with Crippen LogP contribution in [0.4, 0.5) is 0 Å². The summed E-state index contributed by atoms with van der Waals surface area (Å²) in [7, 11) is 0. The van der Waals surface area contributed by atoms with E-state index in [9.17, 15) is 0 Å². The van der Waals surface area contributed by atoms with Gasteiger partial charge in [0.15, 0.2) is 5.58 Å². The van der Waals surface area contributed by atoms with Crippen LogP contribution >= 0.6 is 11.6 Å². The molecule has 0 atom stereocenters. The maximum absolute atomic E-state index is 5.87. The molecule has 0 amide bonds. The van der Waals surface area contributed by atoms with Gasteiger partial charge in [-0.25, -0.2) is 4.98 Å². The second kappa shape index (κ2) is 5.90. The number of nitrogens with zero attached hydrogens (tertiary/aromatic N) is 1. The van der Waals surface area contributed by atoms with Crippen LogP contribution in [-0.4, -0.2) is 4.98 Å². The number of alkyl halides is 1. The number of benzene rings is 3. The maximum atomic E-state index is 5.87. The Labute approximate surface area is 139 Å². The molecule has 0 N–H and O–H groups in total. The van der Waals surface area contributed by atoms with E-state index >= 15 is 0 Å². The number of hydrogen-bond acceptors (Lipinski definition) is 2. The van der Waals surface area contributed by atoms with E-state index in [2.05, 4.69) is 29.2 Å². The van der Waals surface area contributed by atoms with Crippen molar-refractivity contribution in [2.24, 2.45) is 0 Å². The number of fused-ring (bicyclic) bond motifs is 1. The van der Waals surface area contributed by atoms with Crippen molar-refractivity contribution in [3.05, 3.63) is 78.4 Å². The van der Waals surface area contributed by atoms with E-state index in [1.54, 1.807) is 0 Å². The van der Waals surface area contributed by atoms with E-state index in [0.29, 0.717) is 11.8 Å². The Kier molecular flexibility index (Phi) is 3.60. The van der Waals surface area contributed by atoms with Crippen LogP contribution in [0.1, 0.15) is 5.56 Å². The fraction of sp³-hybridized carbons (Fsp3) is 0.0500. The van der Waals surface area contributed by atoms with Crippen molar-refractivity contribution in [2.75, 3.05) is 0 Å². The molecule has 23 heavy (non-hydrogen) atoms. The van der Waals surface area contributed by atoms with Gasteiger partial charge >= 0.3 is 0 Å². The smallest absolute Gasteiger partial charge is 0.227 e. The van der Waals surface area contributed by atoms with Crippen LogP contribution in [0.25, 0.3) is 33.7 Å². The highest BCUT2D eigenvalue weighted by Gasteiger charge is 2.09. The summed E-state index contributed by atoms with van der Waals surface area (Å²) in [6, 6.07) is 24.3. The number of halogens is 1. The van der Waals surface area contributed by atoms with Gasteiger partial charge in [0, 0.05) is 11.4 Å². The van der Waals surface area contributed by atoms with Crippen molar-refractivity contribution in [3.63, 3.8) is 0 Å². The van der Waals surface area contributed by atoms with Gasteiger partial charge < -0.3 is 4.42 Å². The van der Waals surface area contributed by atoms with Crippen LogP contribution in [0, 0.1) is 0 Å². The Balaban J connectivity index is 1.75. The van der Waals surface area contributed by atoms with Crippen LogP contribution in [0.15, 0.2) is 77.2 Å². The Morgan fingerprint density at radius 1 is 0.783 bits per heavy atom. The fourth-order valence-corrected chi connectivity index (χ4v) is 2.78. The van der Waals surface area contributed by atoms with Crippen molar-refractivity contribution < 1.29 is 4.42 Å². The zero-order chi connectivity index (χ0) is 15.6. The zero-order valence-electron chi connectivity index (χ0n) is 12.4. The third-order valence-electron chi connectivity index (χ3n) is 3.85. The molecule has 3 aromatic carbocycles. The van der Waals surface area contributed by atoms with Gasteiger partial charge in [0.05, 0.1) is 0 Å². The molecule has 1 aromatic heterocycles. The first-order valence-electron chi connectivity index (χ1n) is 7.45. The van der Waals surface area contributed by atoms with Crippen molar-refractivity contribution >= 4 is 22.7 Å². The lowest BCUT2D eigenvalue weighted by atomic mass is 10.1. The quantitative estimate of drug-likeness (QED) is 0.439. The first kappa shape index (κ1) is 14.0. The monoisotopic (exact) mass is 319 g/mol. The third kappa shape index (κ3) is 2.73. The van der Waals surface area contributed by atoms with Gasteiger partial charge in [-0.15, -0.1) is 11.6 Å². The first-order valence-corrected chi connectivity index (χ1v) is 7.98. The van der Waals surface area contributed by atoms with Crippen molar-refractivity contribution in [3.8, 4) is 22.6 Å². The number of hydrogen-bond donors (Lipinski definition) is 0. The van der Waals surface area contributed by atoms with Crippen molar-refractivity contribution in [2.45, 2.75) is 5.88 Å². The molecule has 1 heterocycles. The molecule has 0 unspecified atom stereocenters. The molecule has 0 saturated heterocycles. The summed E-state index contributed by atoms with van der Waals surface area (Å²) in [6.07, 6.45) is 0. The lowest BCUT2D eigenvalue weighted by Crippen LogP contribution is -1.80. The minimum atomic E-state index is 0.508. The molecule has 112 valence electrons. The Hall–Kier alpha value is -2.58. The number of rotatable bonds is 3. The molecule has 4 aromatic rings. The molecule has 3 heteroatoms. The summed E-state index contributed by atoms with van der Waals surface area (Å²) in [5.41, 5.74) is 6.00. The van der Waals surface area contributed by atoms with Crippen molar-refractivity contribution in [1.29, 1.82) is 0 Å². The highest BCUT2D eigenvalue weighted by molar-refractivity contribution is 6.17. The molecular formula is C20H14ClNO. The molecule has 0 spiro atoms. The average molecular weight is 320 g/mol. The largest absolute Gasteiger partial charge is 0.436 e. The summed E-state index contributed by atoms with van der Waals surface area (Å²) in [5.74, 6) is 1.14. The van der Waals surface area contributed by atoms with E-state index in [1.165, 1.54) is 5.56 Å². The number of oxazole rings is 1. The van der Waals surface area contributed by atoms with Gasteiger partial charge in [0.25, 0.3) is 0 Å². The minimum absolute atomic E-state index is 0.508. The van der Waals surface area contributed by atoms with Gasteiger partial charge in [0.1, 0.15) is 5.52 Å². The van der Waals surface area contributed by atoms with E-state index in [-0.39, 0.29) is 0 Å². The summed E-state index contributed by atoms with van der Waals surface area (Å²) in [5, 5.41) is 0. The third-order valence-corrected chi connectivity index (χ3v) is 4.16. The lowest BCUT2D eigenvalue weighted by molar-refractivity contribution is 0.620. The van der Waals surface area contributed by atoms with Gasteiger partial charge in [-0.05, 0) is 41.0 Å². The second-order valence-electron chi connectivity index (χ2n) is 5.40. The molecule has 0 fully saturated rings. The van der Waals surface area contributed by atoms with Crippen LogP contribution < -0.4 is 0 Å². The van der Waals surface area contributed by atoms with Gasteiger partial charge in [-0.3, -0.25) is 0 Å². The van der Waals surface area contributed by atoms with Gasteiger partial charge in [-0.1, -0.05) is 48.5 Å². The molecule has 0 radical (unpaired) electrons. The minimum Gasteiger partial charge on any atom is -0.436 e. The second-order valence-corrected chi connectivity index (χ2v) is 5.67. The molecule has 0 aliphatic carbocycles. The molecule has 0 bridgehead atoms. The van der Waals surface area contributed by atoms with Crippen LogP contribution in [0.5, 0.6) is 0 Å². The highest BCUT2D eigenvalue weighted by Crippen LogP contribution is 2.28. The first-order chi connectivity index (χ1) is 11.3. The predicted molar refractivity (Wildman–Crippen MR) is 94.4 cm³/mol. The van der Waals surface area contributed by atoms with Gasteiger partial charge in [-0.2, -0.15) is 0 Å². The Morgan fingerprint density at radius 3 is 2.26 bits per heavy atom. The summed E-state index contributed by atoms with van der Waals surface area (Å²) >= 11 is 5.83. The fourth-order valence-electron chi connectivity index (χ4n) is 2.60. The van der Waals surface area contributed by atoms with Crippen molar-refractivity contribution in [1.82, 2.24) is 4.98 Å². The SMILES string of the molecule is ClCc1ccc(-c2nc3cc(-c4ccccc4)ccc3o2)cc1. The number of aromatic nitrogens is 1. The van der Waals surface area contributed by atoms with Crippen LogP contribution in [0.3, 0.4) is 0 Å². The van der Waals surface area contributed by atoms with Crippen LogP contribution in [0.2, 0.25) is 0 Å². The van der Waals surface area contributed by atoms with Crippen LogP contribution in [-0.2, 0) is 5.88 Å². The van der Waals surface area contributed by atoms with E-state index in [1.807, 2.05) is 48.5 Å². The lowest BCUT2D eigenvalue weighted by Gasteiger charge is -1.99. The standard InChI is InChI=1S/C20H14ClNO/c21-13-14-6-8-16(9-7-14)20-22-18-12-17(10-11-19(18)23-20)15-4-2-1-3-5-15/h1-12H,13H2. The summed E-state index contributed by atoms with van der Waals surface area (Å²) in [6.45, 7) is 0. The highest BCUT2D eigenvalue weighted by atomic mass is 35.5. The van der Waals surface area contributed by atoms with E-state index < -0.39 is 0 Å². The molecular weight excluding hydrogens is 306 g/mol. The summed E-state index contributed by atoms with van der Waals surface area (Å²) < 4.78 is 5.87. The topological polar surface area (TPSA) is 26.0 Å². The molecule has 0 saturated carbocycles. The Bertz CT molecular complexity index is 942. The molecule has 4 rings (SSSR count). The molecule has 0 aliphatic rings. The van der Waals surface area contributed by atoms with Gasteiger partial charge in [0.2, 0.25) is 5.89 Å². The molecule has 2 nitrogen and oxygen atoms in total. The normalized spacial score (nSPS) is 11.0. The van der Waals surface area contributed by atoms with E-state index in [0.717, 1.165) is 27.8 Å². The zero-order valence-corrected chi connectivity index (χ0v) is 13.1. The van der Waals surface area contributed by atoms with E-state index in [4.69, 9.17) is 16.0 Å².